The maximum Gasteiger partial charge on any atom is 0.343 e. The molecule has 174 valence electrons. The second kappa shape index (κ2) is 11.9. The summed E-state index contributed by atoms with van der Waals surface area (Å²) in [7, 11) is 1.46. The summed E-state index contributed by atoms with van der Waals surface area (Å²) < 4.78 is 11.5. The zero-order chi connectivity index (χ0) is 24.5. The average molecular weight is 571 g/mol. The van der Waals surface area contributed by atoms with Gasteiger partial charge in [0.25, 0.3) is 11.8 Å². The number of methoxy groups -OCH3 is 1. The van der Waals surface area contributed by atoms with Crippen LogP contribution >= 0.6 is 22.6 Å². The molecule has 0 fully saturated rings. The van der Waals surface area contributed by atoms with Gasteiger partial charge in [-0.2, -0.15) is 5.10 Å². The molecule has 0 unspecified atom stereocenters. The molecule has 8 nitrogen and oxygen atoms in total. The minimum atomic E-state index is -0.501. The van der Waals surface area contributed by atoms with E-state index in [9.17, 15) is 14.4 Å². The Bertz CT molecular complexity index is 1230. The van der Waals surface area contributed by atoms with Crippen LogP contribution < -0.4 is 20.2 Å². The summed E-state index contributed by atoms with van der Waals surface area (Å²) in [6, 6.07) is 19.0. The van der Waals surface area contributed by atoms with Crippen LogP contribution in [-0.2, 0) is 4.79 Å². The number of hydrogen-bond acceptors (Lipinski definition) is 6. The molecule has 9 heteroatoms. The number of carbonyl (C=O) groups excluding carboxylic acids is 3. The lowest BCUT2D eigenvalue weighted by molar-refractivity contribution is -0.120. The first-order chi connectivity index (χ1) is 16.4. The third-order valence-electron chi connectivity index (χ3n) is 4.61. The molecular weight excluding hydrogens is 549 g/mol. The van der Waals surface area contributed by atoms with Gasteiger partial charge in [-0.1, -0.05) is 29.8 Å². The van der Waals surface area contributed by atoms with Gasteiger partial charge < -0.3 is 14.8 Å². The van der Waals surface area contributed by atoms with Crippen molar-refractivity contribution in [1.29, 1.82) is 0 Å². The van der Waals surface area contributed by atoms with Crippen molar-refractivity contribution in [2.45, 2.75) is 6.92 Å². The number of esters is 1. The molecule has 3 rings (SSSR count). The van der Waals surface area contributed by atoms with Crippen molar-refractivity contribution in [3.05, 3.63) is 92.6 Å². The van der Waals surface area contributed by atoms with Gasteiger partial charge in [-0.3, -0.25) is 9.59 Å². The van der Waals surface area contributed by atoms with Crippen molar-refractivity contribution in [1.82, 2.24) is 10.7 Å². The molecule has 0 aliphatic carbocycles. The number of amides is 2. The van der Waals surface area contributed by atoms with E-state index < -0.39 is 11.9 Å². The predicted molar refractivity (Wildman–Crippen MR) is 136 cm³/mol. The summed E-state index contributed by atoms with van der Waals surface area (Å²) in [4.78, 5) is 36.5. The van der Waals surface area contributed by atoms with Crippen molar-refractivity contribution >= 4 is 46.6 Å². The van der Waals surface area contributed by atoms with Crippen LogP contribution in [0.2, 0.25) is 0 Å². The van der Waals surface area contributed by atoms with Crippen LogP contribution in [0.3, 0.4) is 0 Å². The van der Waals surface area contributed by atoms with Gasteiger partial charge in [0.2, 0.25) is 0 Å². The monoisotopic (exact) mass is 571 g/mol. The Labute approximate surface area is 210 Å². The van der Waals surface area contributed by atoms with E-state index in [0.717, 1.165) is 9.13 Å². The number of rotatable bonds is 8. The zero-order valence-electron chi connectivity index (χ0n) is 18.5. The van der Waals surface area contributed by atoms with E-state index in [0.29, 0.717) is 22.4 Å². The van der Waals surface area contributed by atoms with E-state index >= 15 is 0 Å². The first-order valence-corrected chi connectivity index (χ1v) is 11.3. The molecule has 0 aliphatic rings. The number of halogens is 1. The molecule has 0 radical (unpaired) electrons. The fourth-order valence-electron chi connectivity index (χ4n) is 2.82. The molecule has 3 aromatic carbocycles. The summed E-state index contributed by atoms with van der Waals surface area (Å²) in [6.07, 6.45) is 1.41. The molecule has 2 N–H and O–H groups in total. The average Bonchev–Trinajstić information content (AvgIpc) is 2.84. The highest BCUT2D eigenvalue weighted by Crippen LogP contribution is 2.28. The highest BCUT2D eigenvalue weighted by Gasteiger charge is 2.13. The number of hydrogen-bond donors (Lipinski definition) is 2. The minimum Gasteiger partial charge on any atom is -0.493 e. The molecule has 0 spiro atoms. The molecule has 0 atom stereocenters. The van der Waals surface area contributed by atoms with Gasteiger partial charge in [0.1, 0.15) is 0 Å². The number of carbonyl (C=O) groups is 3. The van der Waals surface area contributed by atoms with Crippen LogP contribution in [0.5, 0.6) is 11.5 Å². The second-order valence-electron chi connectivity index (χ2n) is 7.12. The summed E-state index contributed by atoms with van der Waals surface area (Å²) in [5.74, 6) is -0.733. The minimum absolute atomic E-state index is 0.224. The quantitative estimate of drug-likeness (QED) is 0.141. The van der Waals surface area contributed by atoms with Gasteiger partial charge in [-0.15, -0.1) is 0 Å². The topological polar surface area (TPSA) is 106 Å². The second-order valence-corrected chi connectivity index (χ2v) is 8.28. The number of hydrazone groups is 1. The van der Waals surface area contributed by atoms with Crippen LogP contribution in [0.1, 0.15) is 31.8 Å². The lowest BCUT2D eigenvalue weighted by Crippen LogP contribution is -2.35. The number of nitrogens with zero attached hydrogens (tertiary/aromatic N) is 1. The van der Waals surface area contributed by atoms with Gasteiger partial charge in [0, 0.05) is 3.57 Å². The summed E-state index contributed by atoms with van der Waals surface area (Å²) in [5.41, 5.74) is 4.92. The van der Waals surface area contributed by atoms with Crippen LogP contribution in [0.4, 0.5) is 0 Å². The van der Waals surface area contributed by atoms with Crippen LogP contribution in [0.25, 0.3) is 0 Å². The van der Waals surface area contributed by atoms with E-state index in [2.05, 4.69) is 38.4 Å². The number of benzene rings is 3. The van der Waals surface area contributed by atoms with Gasteiger partial charge in [-0.05, 0) is 77.5 Å². The van der Waals surface area contributed by atoms with E-state index in [1.54, 1.807) is 42.5 Å². The fraction of sp³-hybridized carbons (Fsp3) is 0.120. The maximum atomic E-state index is 12.4. The summed E-state index contributed by atoms with van der Waals surface area (Å²) in [5, 5.41) is 6.44. The largest absolute Gasteiger partial charge is 0.493 e. The van der Waals surface area contributed by atoms with E-state index in [1.807, 2.05) is 31.2 Å². The van der Waals surface area contributed by atoms with Gasteiger partial charge in [0.15, 0.2) is 11.5 Å². The standard InChI is InChI=1S/C25H22IN3O5/c1-16-7-10-18(11-8-16)25(32)34-21-12-9-17(13-22(21)33-2)14-28-29-23(30)15-27-24(31)19-5-3-4-6-20(19)26/h3-14H,15H2,1-2H3,(H,27,31)(H,29,30)/b28-14+. The highest BCUT2D eigenvalue weighted by molar-refractivity contribution is 14.1. The van der Waals surface area contributed by atoms with Crippen molar-refractivity contribution in [3.8, 4) is 11.5 Å². The van der Waals surface area contributed by atoms with Crippen LogP contribution in [0, 0.1) is 10.5 Å². The Morgan fingerprint density at radius 3 is 2.44 bits per heavy atom. The van der Waals surface area contributed by atoms with Crippen LogP contribution in [-0.4, -0.2) is 37.7 Å². The Balaban J connectivity index is 1.54. The molecule has 0 aliphatic heterocycles. The fourth-order valence-corrected chi connectivity index (χ4v) is 3.45. The highest BCUT2D eigenvalue weighted by atomic mass is 127. The molecule has 0 bridgehead atoms. The SMILES string of the molecule is COc1cc(/C=N/NC(=O)CNC(=O)c2ccccc2I)ccc1OC(=O)c1ccc(C)cc1. The molecule has 2 amide bonds. The van der Waals surface area contributed by atoms with Crippen molar-refractivity contribution < 1.29 is 23.9 Å². The van der Waals surface area contributed by atoms with Crippen molar-refractivity contribution in [3.63, 3.8) is 0 Å². The Morgan fingerprint density at radius 1 is 1.00 bits per heavy atom. The summed E-state index contributed by atoms with van der Waals surface area (Å²) in [6.45, 7) is 1.71. The van der Waals surface area contributed by atoms with E-state index in [-0.39, 0.29) is 18.2 Å². The zero-order valence-corrected chi connectivity index (χ0v) is 20.7. The van der Waals surface area contributed by atoms with Gasteiger partial charge in [0.05, 0.1) is 31.0 Å². The summed E-state index contributed by atoms with van der Waals surface area (Å²) >= 11 is 2.06. The molecule has 0 heterocycles. The molecule has 0 aromatic heterocycles. The first-order valence-electron chi connectivity index (χ1n) is 10.2. The Kier molecular flexibility index (Phi) is 8.74. The normalized spacial score (nSPS) is 10.6. The number of aryl methyl sites for hydroxylation is 1. The molecule has 3 aromatic rings. The van der Waals surface area contributed by atoms with Crippen molar-refractivity contribution in [2.75, 3.05) is 13.7 Å². The van der Waals surface area contributed by atoms with E-state index in [4.69, 9.17) is 9.47 Å². The molecular formula is C25H22IN3O5. The lowest BCUT2D eigenvalue weighted by atomic mass is 10.1. The van der Waals surface area contributed by atoms with E-state index in [1.165, 1.54) is 13.3 Å². The predicted octanol–water partition coefficient (Wildman–Crippen LogP) is 3.71. The first kappa shape index (κ1) is 24.9. The van der Waals surface area contributed by atoms with Gasteiger partial charge >= 0.3 is 5.97 Å². The molecule has 0 saturated carbocycles. The number of ether oxygens (including phenoxy) is 2. The Morgan fingerprint density at radius 2 is 1.74 bits per heavy atom. The Hall–Kier alpha value is -3.73. The third kappa shape index (κ3) is 6.88. The van der Waals surface area contributed by atoms with Crippen LogP contribution in [0.15, 0.2) is 71.8 Å². The lowest BCUT2D eigenvalue weighted by Gasteiger charge is -2.10. The smallest absolute Gasteiger partial charge is 0.343 e. The third-order valence-corrected chi connectivity index (χ3v) is 5.55. The molecule has 0 saturated heterocycles. The van der Waals surface area contributed by atoms with Crippen molar-refractivity contribution in [2.24, 2.45) is 5.10 Å². The number of nitrogens with one attached hydrogen (secondary N) is 2. The van der Waals surface area contributed by atoms with Gasteiger partial charge in [-0.25, -0.2) is 10.2 Å². The molecule has 34 heavy (non-hydrogen) atoms. The maximum absolute atomic E-state index is 12.4.